The highest BCUT2D eigenvalue weighted by molar-refractivity contribution is 5.95. The summed E-state index contributed by atoms with van der Waals surface area (Å²) in [4.78, 5) is 14.8. The van der Waals surface area contributed by atoms with Gasteiger partial charge in [0.05, 0.1) is 13.2 Å². The monoisotopic (exact) mass is 348 g/mol. The zero-order valence-corrected chi connectivity index (χ0v) is 15.1. The molecule has 0 radical (unpaired) electrons. The molecule has 2 aromatic rings. The summed E-state index contributed by atoms with van der Waals surface area (Å²) in [6, 6.07) is 19.7. The Balaban J connectivity index is 1.82. The smallest absolute Gasteiger partial charge is 0.255 e. The van der Waals surface area contributed by atoms with E-state index in [0.717, 1.165) is 37.0 Å². The van der Waals surface area contributed by atoms with Gasteiger partial charge < -0.3 is 9.64 Å². The van der Waals surface area contributed by atoms with Crippen molar-refractivity contribution in [2.45, 2.75) is 37.6 Å². The summed E-state index contributed by atoms with van der Waals surface area (Å²) >= 11 is 0. The third kappa shape index (κ3) is 3.72. The summed E-state index contributed by atoms with van der Waals surface area (Å²) in [6.07, 6.45) is 4.02. The lowest BCUT2D eigenvalue weighted by Gasteiger charge is -2.42. The highest BCUT2D eigenvalue weighted by Crippen LogP contribution is 2.33. The summed E-state index contributed by atoms with van der Waals surface area (Å²) in [5.41, 5.74) is 1.03. The normalized spacial score (nSPS) is 19.6. The minimum absolute atomic E-state index is 0.0440. The lowest BCUT2D eigenvalue weighted by Crippen LogP contribution is -2.54. The van der Waals surface area contributed by atoms with E-state index in [1.807, 2.05) is 54.6 Å². The van der Waals surface area contributed by atoms with Crippen molar-refractivity contribution in [3.8, 4) is 11.8 Å². The molecule has 26 heavy (non-hydrogen) atoms. The zero-order valence-electron chi connectivity index (χ0n) is 15.1. The second kappa shape index (κ2) is 8.05. The highest BCUT2D eigenvalue weighted by atomic mass is 16.5. The number of carbonyl (C=O) groups excluding carboxylic acids is 1. The van der Waals surface area contributed by atoms with Gasteiger partial charge in [0.15, 0.2) is 0 Å². The average Bonchev–Trinajstić information content (AvgIpc) is 2.72. The molecule has 134 valence electrons. The molecule has 0 bridgehead atoms. The molecular weight excluding hydrogens is 324 g/mol. The maximum absolute atomic E-state index is 13.0. The predicted octanol–water partition coefficient (Wildman–Crippen LogP) is 4.22. The van der Waals surface area contributed by atoms with Crippen molar-refractivity contribution in [2.75, 3.05) is 13.7 Å². The Morgan fingerprint density at radius 1 is 1.19 bits per heavy atom. The van der Waals surface area contributed by atoms with E-state index >= 15 is 0 Å². The lowest BCUT2D eigenvalue weighted by molar-refractivity contribution is 0.0459. The van der Waals surface area contributed by atoms with Gasteiger partial charge in [-0.3, -0.25) is 4.79 Å². The zero-order chi connectivity index (χ0) is 18.4. The summed E-state index contributed by atoms with van der Waals surface area (Å²) in [5, 5.41) is 10.0. The molecule has 3 rings (SSSR count). The fourth-order valence-corrected chi connectivity index (χ4v) is 3.68. The number of piperidine rings is 1. The molecule has 1 unspecified atom stereocenters. The van der Waals surface area contributed by atoms with E-state index < -0.39 is 5.54 Å². The number of benzene rings is 2. The molecule has 0 aliphatic carbocycles. The van der Waals surface area contributed by atoms with Crippen molar-refractivity contribution in [3.05, 3.63) is 65.7 Å². The van der Waals surface area contributed by atoms with Crippen molar-refractivity contribution >= 4 is 5.91 Å². The summed E-state index contributed by atoms with van der Waals surface area (Å²) in [7, 11) is 1.65. The van der Waals surface area contributed by atoms with Crippen molar-refractivity contribution in [1.82, 2.24) is 4.90 Å². The first kappa shape index (κ1) is 18.0. The van der Waals surface area contributed by atoms with Gasteiger partial charge in [-0.15, -0.1) is 0 Å². The van der Waals surface area contributed by atoms with Crippen molar-refractivity contribution in [2.24, 2.45) is 0 Å². The Hall–Kier alpha value is -2.80. The van der Waals surface area contributed by atoms with E-state index in [4.69, 9.17) is 4.74 Å². The first-order valence-corrected chi connectivity index (χ1v) is 9.10. The van der Waals surface area contributed by atoms with Gasteiger partial charge in [0.25, 0.3) is 5.91 Å². The highest BCUT2D eigenvalue weighted by Gasteiger charge is 2.41. The minimum Gasteiger partial charge on any atom is -0.497 e. The minimum atomic E-state index is -0.742. The maximum Gasteiger partial charge on any atom is 0.255 e. The van der Waals surface area contributed by atoms with E-state index in [-0.39, 0.29) is 5.91 Å². The summed E-state index contributed by atoms with van der Waals surface area (Å²) in [6.45, 7) is 0.638. The number of hydrogen-bond donors (Lipinski definition) is 0. The van der Waals surface area contributed by atoms with Crippen LogP contribution in [0, 0.1) is 11.3 Å². The Labute approximate surface area is 155 Å². The molecule has 0 spiro atoms. The van der Waals surface area contributed by atoms with Crippen LogP contribution in [-0.4, -0.2) is 30.0 Å². The number of methoxy groups -OCH3 is 1. The van der Waals surface area contributed by atoms with Gasteiger partial charge in [-0.05, 0) is 61.9 Å². The standard InChI is InChI=1S/C22H24N2O2/c1-26-20-11-7-8-18(16-20)12-14-22(17-23)13-5-6-15-24(22)21(25)19-9-3-2-4-10-19/h2-4,7-11,16H,5-6,12-15H2,1H3. The number of ether oxygens (including phenoxy) is 1. The van der Waals surface area contributed by atoms with E-state index in [9.17, 15) is 10.1 Å². The molecule has 1 saturated heterocycles. The SMILES string of the molecule is COc1cccc(CCC2(C#N)CCCCN2C(=O)c2ccccc2)c1. The molecule has 4 heteroatoms. The van der Waals surface area contributed by atoms with Crippen LogP contribution in [0.15, 0.2) is 54.6 Å². The van der Waals surface area contributed by atoms with Gasteiger partial charge >= 0.3 is 0 Å². The van der Waals surface area contributed by atoms with Crippen LogP contribution in [-0.2, 0) is 6.42 Å². The Bertz CT molecular complexity index is 797. The van der Waals surface area contributed by atoms with Gasteiger partial charge in [-0.25, -0.2) is 0 Å². The van der Waals surface area contributed by atoms with E-state index in [1.54, 1.807) is 12.0 Å². The Morgan fingerprint density at radius 3 is 2.73 bits per heavy atom. The lowest BCUT2D eigenvalue weighted by atomic mass is 9.82. The van der Waals surface area contributed by atoms with Crippen LogP contribution in [0.25, 0.3) is 0 Å². The fraction of sp³-hybridized carbons (Fsp3) is 0.364. The topological polar surface area (TPSA) is 53.3 Å². The van der Waals surface area contributed by atoms with Gasteiger partial charge in [0.2, 0.25) is 0 Å². The molecule has 1 fully saturated rings. The first-order valence-electron chi connectivity index (χ1n) is 9.10. The van der Waals surface area contributed by atoms with Gasteiger partial charge in [-0.2, -0.15) is 5.26 Å². The number of hydrogen-bond acceptors (Lipinski definition) is 3. The first-order chi connectivity index (χ1) is 12.7. The van der Waals surface area contributed by atoms with Gasteiger partial charge in [-0.1, -0.05) is 30.3 Å². The average molecular weight is 348 g/mol. The molecule has 1 aliphatic heterocycles. The van der Waals surface area contributed by atoms with Crippen LogP contribution >= 0.6 is 0 Å². The second-order valence-electron chi connectivity index (χ2n) is 6.77. The molecule has 1 atom stereocenters. The predicted molar refractivity (Wildman–Crippen MR) is 101 cm³/mol. The van der Waals surface area contributed by atoms with Crippen LogP contribution in [0.5, 0.6) is 5.75 Å². The number of rotatable bonds is 5. The quantitative estimate of drug-likeness (QED) is 0.813. The van der Waals surface area contributed by atoms with Crippen LogP contribution in [0.2, 0.25) is 0 Å². The Morgan fingerprint density at radius 2 is 2.00 bits per heavy atom. The third-order valence-corrected chi connectivity index (χ3v) is 5.17. The molecular formula is C22H24N2O2. The molecule has 0 saturated carbocycles. The van der Waals surface area contributed by atoms with Crippen molar-refractivity contribution in [3.63, 3.8) is 0 Å². The fourth-order valence-electron chi connectivity index (χ4n) is 3.68. The molecule has 0 aromatic heterocycles. The molecule has 0 N–H and O–H groups in total. The largest absolute Gasteiger partial charge is 0.497 e. The molecule has 1 amide bonds. The number of amides is 1. The maximum atomic E-state index is 13.0. The summed E-state index contributed by atoms with van der Waals surface area (Å²) in [5.74, 6) is 0.770. The van der Waals surface area contributed by atoms with Crippen LogP contribution in [0.3, 0.4) is 0 Å². The van der Waals surface area contributed by atoms with Crippen molar-refractivity contribution < 1.29 is 9.53 Å². The van der Waals surface area contributed by atoms with E-state index in [0.29, 0.717) is 18.5 Å². The molecule has 1 aliphatic rings. The number of nitrogens with zero attached hydrogens (tertiary/aromatic N) is 2. The number of aryl methyl sites for hydroxylation is 1. The van der Waals surface area contributed by atoms with E-state index in [1.165, 1.54) is 0 Å². The van der Waals surface area contributed by atoms with Crippen LogP contribution in [0.1, 0.15) is 41.6 Å². The second-order valence-corrected chi connectivity index (χ2v) is 6.77. The number of nitriles is 1. The van der Waals surface area contributed by atoms with Gasteiger partial charge in [0.1, 0.15) is 11.3 Å². The Kier molecular flexibility index (Phi) is 5.58. The molecule has 1 heterocycles. The van der Waals surface area contributed by atoms with Gasteiger partial charge in [0, 0.05) is 12.1 Å². The molecule has 2 aromatic carbocycles. The van der Waals surface area contributed by atoms with Crippen LogP contribution in [0.4, 0.5) is 0 Å². The summed E-state index contributed by atoms with van der Waals surface area (Å²) < 4.78 is 5.29. The molecule has 4 nitrogen and oxygen atoms in total. The van der Waals surface area contributed by atoms with Crippen LogP contribution < -0.4 is 4.74 Å². The number of likely N-dealkylation sites (tertiary alicyclic amines) is 1. The number of carbonyl (C=O) groups is 1. The third-order valence-electron chi connectivity index (χ3n) is 5.17. The van der Waals surface area contributed by atoms with E-state index in [2.05, 4.69) is 6.07 Å². The van der Waals surface area contributed by atoms with Crippen molar-refractivity contribution in [1.29, 1.82) is 5.26 Å².